The minimum atomic E-state index is -2.47. The van der Waals surface area contributed by atoms with Gasteiger partial charge in [-0.2, -0.15) is 5.10 Å². The predicted molar refractivity (Wildman–Crippen MR) is 58.0 cm³/mol. The lowest BCUT2D eigenvalue weighted by atomic mass is 10.2. The van der Waals surface area contributed by atoms with Crippen LogP contribution >= 0.6 is 0 Å². The van der Waals surface area contributed by atoms with Crippen LogP contribution in [-0.2, 0) is 12.3 Å². The summed E-state index contributed by atoms with van der Waals surface area (Å²) in [5, 5.41) is 6.58. The number of halogens is 2. The fourth-order valence-electron chi connectivity index (χ4n) is 1.48. The number of hydrogen-bond acceptors (Lipinski definition) is 5. The topological polar surface area (TPSA) is 94.2 Å². The Balaban J connectivity index is 2.22. The van der Waals surface area contributed by atoms with Gasteiger partial charge in [-0.15, -0.1) is 0 Å². The van der Waals surface area contributed by atoms with Gasteiger partial charge in [-0.3, -0.25) is 10.4 Å². The first kappa shape index (κ1) is 11.5. The van der Waals surface area contributed by atoms with Gasteiger partial charge < -0.3 is 11.1 Å². The molecule has 2 heterocycles. The van der Waals surface area contributed by atoms with Gasteiger partial charge in [-0.05, 0) is 6.08 Å². The molecule has 0 fully saturated rings. The third-order valence-corrected chi connectivity index (χ3v) is 2.26. The molecule has 1 aliphatic heterocycles. The Hall–Kier alpha value is -1.96. The predicted octanol–water partition coefficient (Wildman–Crippen LogP) is -0.309. The number of hydrogen-bond donors (Lipinski definition) is 3. The summed E-state index contributed by atoms with van der Waals surface area (Å²) in [6.45, 7) is -0.481. The zero-order chi connectivity index (χ0) is 12.5. The van der Waals surface area contributed by atoms with Gasteiger partial charge in [0.15, 0.2) is 0 Å². The zero-order valence-corrected chi connectivity index (χ0v) is 8.85. The van der Waals surface area contributed by atoms with Gasteiger partial charge >= 0.3 is 0 Å². The van der Waals surface area contributed by atoms with Crippen molar-refractivity contribution in [2.45, 2.75) is 18.8 Å². The van der Waals surface area contributed by atoms with Crippen LogP contribution in [0.2, 0.25) is 0 Å². The molecule has 0 bridgehead atoms. The maximum Gasteiger partial charge on any atom is 0.257 e. The molecule has 1 aliphatic rings. The van der Waals surface area contributed by atoms with Gasteiger partial charge in [0.1, 0.15) is 12.4 Å². The van der Waals surface area contributed by atoms with Crippen LogP contribution in [-0.4, -0.2) is 22.0 Å². The second-order valence-electron chi connectivity index (χ2n) is 3.62. The molecule has 2 rings (SSSR count). The Bertz CT molecular complexity index is 466. The van der Waals surface area contributed by atoms with Crippen LogP contribution in [0.1, 0.15) is 5.56 Å². The maximum atomic E-state index is 12.2. The first-order chi connectivity index (χ1) is 7.99. The number of alkyl halides is 2. The van der Waals surface area contributed by atoms with E-state index in [2.05, 4.69) is 15.4 Å². The van der Waals surface area contributed by atoms with Crippen molar-refractivity contribution in [1.29, 1.82) is 0 Å². The molecule has 0 saturated carbocycles. The minimum absolute atomic E-state index is 0.257. The van der Waals surface area contributed by atoms with Gasteiger partial charge in [0, 0.05) is 12.4 Å². The number of aromatic nitrogens is 2. The highest BCUT2D eigenvalue weighted by molar-refractivity contribution is 5.92. The molecular formula is C9H12F2N6. The van der Waals surface area contributed by atoms with Crippen molar-refractivity contribution in [1.82, 2.24) is 15.1 Å². The summed E-state index contributed by atoms with van der Waals surface area (Å²) < 4.78 is 25.4. The van der Waals surface area contributed by atoms with Gasteiger partial charge in [0.25, 0.3) is 6.43 Å². The standard InChI is InChI=1S/C9H12F2N6/c10-7(11)5-17-4-6(3-15-17)9(13)14-2-1-8(12)16-9/h1-4,7,14H,5,13H2,(H2,12,16). The number of amidine groups is 1. The summed E-state index contributed by atoms with van der Waals surface area (Å²) in [6, 6.07) is 0. The van der Waals surface area contributed by atoms with E-state index in [4.69, 9.17) is 11.5 Å². The molecule has 1 atom stereocenters. The van der Waals surface area contributed by atoms with E-state index < -0.39 is 18.8 Å². The molecule has 0 radical (unpaired) electrons. The number of aliphatic imine (C=N–C) groups is 1. The second kappa shape index (κ2) is 4.13. The SMILES string of the molecule is NC1=NC(N)(c2cnn(CC(F)F)c2)NC=C1. The molecule has 92 valence electrons. The summed E-state index contributed by atoms with van der Waals surface area (Å²) in [5.41, 5.74) is 11.9. The first-order valence-corrected chi connectivity index (χ1v) is 4.89. The molecule has 1 aromatic rings. The summed E-state index contributed by atoms with van der Waals surface area (Å²) in [5.74, 6) is -0.994. The summed E-state index contributed by atoms with van der Waals surface area (Å²) >= 11 is 0. The lowest BCUT2D eigenvalue weighted by Gasteiger charge is -2.27. The van der Waals surface area contributed by atoms with E-state index in [1.807, 2.05) is 0 Å². The third-order valence-electron chi connectivity index (χ3n) is 2.26. The van der Waals surface area contributed by atoms with Crippen molar-refractivity contribution in [3.8, 4) is 0 Å². The van der Waals surface area contributed by atoms with Crippen LogP contribution in [0.25, 0.3) is 0 Å². The van der Waals surface area contributed by atoms with Crippen LogP contribution in [0.5, 0.6) is 0 Å². The van der Waals surface area contributed by atoms with Gasteiger partial charge in [-0.25, -0.2) is 13.8 Å². The van der Waals surface area contributed by atoms with Crippen molar-refractivity contribution in [3.63, 3.8) is 0 Å². The highest BCUT2D eigenvalue weighted by Crippen LogP contribution is 2.18. The van der Waals surface area contributed by atoms with Crippen molar-refractivity contribution in [2.24, 2.45) is 16.5 Å². The summed E-state index contributed by atoms with van der Waals surface area (Å²) in [7, 11) is 0. The Labute approximate surface area is 96.0 Å². The summed E-state index contributed by atoms with van der Waals surface area (Å²) in [4.78, 5) is 4.01. The van der Waals surface area contributed by atoms with Crippen LogP contribution in [0.15, 0.2) is 29.7 Å². The highest BCUT2D eigenvalue weighted by atomic mass is 19.3. The van der Waals surface area contributed by atoms with Crippen LogP contribution in [0.4, 0.5) is 8.78 Å². The Kier molecular flexibility index (Phi) is 2.80. The molecule has 6 nitrogen and oxygen atoms in total. The lowest BCUT2D eigenvalue weighted by molar-refractivity contribution is 0.121. The average molecular weight is 242 g/mol. The molecule has 17 heavy (non-hydrogen) atoms. The Morgan fingerprint density at radius 2 is 2.29 bits per heavy atom. The Morgan fingerprint density at radius 3 is 2.94 bits per heavy atom. The molecule has 5 N–H and O–H groups in total. The number of nitrogens with zero attached hydrogens (tertiary/aromatic N) is 3. The smallest absolute Gasteiger partial charge is 0.257 e. The van der Waals surface area contributed by atoms with E-state index in [0.717, 1.165) is 4.68 Å². The van der Waals surface area contributed by atoms with E-state index >= 15 is 0 Å². The van der Waals surface area contributed by atoms with E-state index in [-0.39, 0.29) is 5.84 Å². The average Bonchev–Trinajstić information content (AvgIpc) is 2.65. The third kappa shape index (κ3) is 2.41. The van der Waals surface area contributed by atoms with Crippen molar-refractivity contribution < 1.29 is 8.78 Å². The molecule has 1 aromatic heterocycles. The lowest BCUT2D eigenvalue weighted by Crippen LogP contribution is -2.49. The number of rotatable bonds is 3. The van der Waals surface area contributed by atoms with E-state index in [0.29, 0.717) is 5.56 Å². The Morgan fingerprint density at radius 1 is 1.53 bits per heavy atom. The molecule has 8 heteroatoms. The fourth-order valence-corrected chi connectivity index (χ4v) is 1.48. The monoisotopic (exact) mass is 242 g/mol. The van der Waals surface area contributed by atoms with Crippen LogP contribution < -0.4 is 16.8 Å². The largest absolute Gasteiger partial charge is 0.384 e. The molecular weight excluding hydrogens is 230 g/mol. The van der Waals surface area contributed by atoms with Crippen molar-refractivity contribution >= 4 is 5.84 Å². The zero-order valence-electron chi connectivity index (χ0n) is 8.85. The summed E-state index contributed by atoms with van der Waals surface area (Å²) in [6.07, 6.45) is 3.42. The molecule has 0 amide bonds. The molecule has 0 aliphatic carbocycles. The van der Waals surface area contributed by atoms with E-state index in [9.17, 15) is 8.78 Å². The van der Waals surface area contributed by atoms with Gasteiger partial charge in [0.05, 0.1) is 11.8 Å². The molecule has 0 aromatic carbocycles. The van der Waals surface area contributed by atoms with Crippen molar-refractivity contribution in [3.05, 3.63) is 30.2 Å². The van der Waals surface area contributed by atoms with E-state index in [1.54, 1.807) is 12.3 Å². The van der Waals surface area contributed by atoms with Crippen LogP contribution in [0, 0.1) is 0 Å². The highest BCUT2D eigenvalue weighted by Gasteiger charge is 2.29. The maximum absolute atomic E-state index is 12.2. The first-order valence-electron chi connectivity index (χ1n) is 4.89. The minimum Gasteiger partial charge on any atom is -0.384 e. The van der Waals surface area contributed by atoms with Gasteiger partial charge in [-0.1, -0.05) is 0 Å². The molecule has 0 saturated heterocycles. The number of nitrogens with one attached hydrogen (secondary N) is 1. The van der Waals surface area contributed by atoms with E-state index in [1.165, 1.54) is 12.4 Å². The van der Waals surface area contributed by atoms with Gasteiger partial charge in [0.2, 0.25) is 5.79 Å². The normalized spacial score (nSPS) is 23.6. The number of nitrogens with two attached hydrogens (primary N) is 2. The second-order valence-corrected chi connectivity index (χ2v) is 3.62. The quantitative estimate of drug-likeness (QED) is 0.677. The van der Waals surface area contributed by atoms with Crippen LogP contribution in [0.3, 0.4) is 0 Å². The molecule has 0 spiro atoms. The molecule has 1 unspecified atom stereocenters. The fraction of sp³-hybridized carbons (Fsp3) is 0.333. The van der Waals surface area contributed by atoms with Crippen molar-refractivity contribution in [2.75, 3.05) is 0 Å².